The Morgan fingerprint density at radius 2 is 1.67 bits per heavy atom. The van der Waals surface area contributed by atoms with E-state index in [4.69, 9.17) is 20.4 Å². The fourth-order valence-electron chi connectivity index (χ4n) is 0.364. The lowest BCUT2D eigenvalue weighted by atomic mass is 10.1. The molecule has 0 aromatic carbocycles. The first-order valence-electron chi connectivity index (χ1n) is 2.57. The molecule has 0 unspecified atom stereocenters. The van der Waals surface area contributed by atoms with Gasteiger partial charge >= 0.3 is 0 Å². The molecule has 0 bridgehead atoms. The van der Waals surface area contributed by atoms with Gasteiger partial charge in [-0.15, -0.1) is 0 Å². The van der Waals surface area contributed by atoms with Crippen molar-refractivity contribution in [1.29, 1.82) is 0 Å². The van der Waals surface area contributed by atoms with Crippen LogP contribution in [-0.4, -0.2) is 45.3 Å². The second kappa shape index (κ2) is 3.79. The fourth-order valence-corrected chi connectivity index (χ4v) is 0.364. The van der Waals surface area contributed by atoms with Crippen molar-refractivity contribution in [3.63, 3.8) is 0 Å². The molecule has 55 valence electrons. The molecule has 0 aliphatic carbocycles. The average Bonchev–Trinajstić information content (AvgIpc) is 1.84. The molecule has 0 aliphatic heterocycles. The van der Waals surface area contributed by atoms with Crippen LogP contribution in [0.15, 0.2) is 0 Å². The highest BCUT2D eigenvalue weighted by atomic mass is 16.4. The van der Waals surface area contributed by atoms with Gasteiger partial charge in [0.15, 0.2) is 0 Å². The Morgan fingerprint density at radius 1 is 1.22 bits per heavy atom. The fraction of sp³-hybridized carbons (Fsp3) is 0.800. The summed E-state index contributed by atoms with van der Waals surface area (Å²) in [6.07, 6.45) is -3.93. The molecule has 0 saturated carbocycles. The summed E-state index contributed by atoms with van der Waals surface area (Å²) in [6.45, 7) is 2.47. The van der Waals surface area contributed by atoms with Crippen molar-refractivity contribution >= 4 is 0 Å². The smallest absolute Gasteiger partial charge is 0.108 e. The van der Waals surface area contributed by atoms with Crippen molar-refractivity contribution in [2.24, 2.45) is 0 Å². The molecule has 4 heteroatoms. The van der Waals surface area contributed by atoms with Gasteiger partial charge in [-0.1, -0.05) is 0 Å². The van der Waals surface area contributed by atoms with E-state index in [0.29, 0.717) is 0 Å². The molecule has 0 fully saturated rings. The first-order chi connectivity index (χ1) is 4.09. The second-order valence-corrected chi connectivity index (χ2v) is 1.81. The van der Waals surface area contributed by atoms with Gasteiger partial charge in [0.1, 0.15) is 12.2 Å². The van der Waals surface area contributed by atoms with Crippen LogP contribution in [0.25, 0.3) is 0 Å². The van der Waals surface area contributed by atoms with Gasteiger partial charge in [-0.3, -0.25) is 0 Å². The maximum absolute atomic E-state index is 8.67. The lowest BCUT2D eigenvalue weighted by Crippen LogP contribution is -2.37. The quantitative estimate of drug-likeness (QED) is 0.357. The number of aliphatic hydroxyl groups excluding tert-OH is 4. The van der Waals surface area contributed by atoms with Crippen LogP contribution in [0.5, 0.6) is 0 Å². The van der Waals surface area contributed by atoms with Crippen LogP contribution in [0.2, 0.25) is 0 Å². The number of rotatable bonds is 3. The van der Waals surface area contributed by atoms with E-state index >= 15 is 0 Å². The highest BCUT2D eigenvalue weighted by Crippen LogP contribution is 1.96. The largest absolute Gasteiger partial charge is 0.394 e. The molecule has 3 atom stereocenters. The minimum absolute atomic E-state index is 0.576. The zero-order valence-electron chi connectivity index (χ0n) is 4.94. The molecule has 9 heavy (non-hydrogen) atoms. The molecular formula is C5H11O4. The van der Waals surface area contributed by atoms with Crippen LogP contribution in [0.1, 0.15) is 0 Å². The van der Waals surface area contributed by atoms with Crippen molar-refractivity contribution in [2.45, 2.75) is 18.3 Å². The zero-order chi connectivity index (χ0) is 7.44. The Hall–Kier alpha value is -0.160. The number of hydrogen-bond acceptors (Lipinski definition) is 4. The van der Waals surface area contributed by atoms with Crippen LogP contribution in [0, 0.1) is 6.92 Å². The molecule has 0 aromatic rings. The van der Waals surface area contributed by atoms with Gasteiger partial charge in [0, 0.05) is 0 Å². The van der Waals surface area contributed by atoms with Crippen LogP contribution in [-0.2, 0) is 0 Å². The van der Waals surface area contributed by atoms with Crippen molar-refractivity contribution in [1.82, 2.24) is 0 Å². The average molecular weight is 135 g/mol. The van der Waals surface area contributed by atoms with E-state index in [9.17, 15) is 0 Å². The third-order valence-electron chi connectivity index (χ3n) is 0.976. The third-order valence-corrected chi connectivity index (χ3v) is 0.976. The molecule has 0 aliphatic rings. The van der Waals surface area contributed by atoms with Crippen LogP contribution >= 0.6 is 0 Å². The van der Waals surface area contributed by atoms with Gasteiger partial charge in [0.2, 0.25) is 0 Å². The van der Waals surface area contributed by atoms with Crippen molar-refractivity contribution < 1.29 is 20.4 Å². The topological polar surface area (TPSA) is 80.9 Å². The summed E-state index contributed by atoms with van der Waals surface area (Å²) in [6, 6.07) is 0. The zero-order valence-corrected chi connectivity index (χ0v) is 4.94. The number of hydrogen-bond donors (Lipinski definition) is 4. The molecule has 0 rings (SSSR count). The summed E-state index contributed by atoms with van der Waals surface area (Å²) in [5.74, 6) is 0. The molecular weight excluding hydrogens is 124 g/mol. The summed E-state index contributed by atoms with van der Waals surface area (Å²) < 4.78 is 0. The molecule has 4 nitrogen and oxygen atoms in total. The van der Waals surface area contributed by atoms with Gasteiger partial charge in [0.05, 0.1) is 12.7 Å². The Kier molecular flexibility index (Phi) is 3.72. The van der Waals surface area contributed by atoms with Crippen LogP contribution in [0.3, 0.4) is 0 Å². The standard InChI is InChI=1S/C5H11O4/c1-3(7)5(9)4(8)2-6/h3-9H,1-2H2/t3-,4+,5+/m1/s1. The molecule has 4 N–H and O–H groups in total. The van der Waals surface area contributed by atoms with E-state index in [-0.39, 0.29) is 0 Å². The Balaban J connectivity index is 3.58. The Morgan fingerprint density at radius 3 is 1.78 bits per heavy atom. The predicted octanol–water partition coefficient (Wildman–Crippen LogP) is -2.10. The molecule has 0 spiro atoms. The molecule has 1 radical (unpaired) electrons. The first-order valence-corrected chi connectivity index (χ1v) is 2.57. The lowest BCUT2D eigenvalue weighted by Gasteiger charge is -2.17. The van der Waals surface area contributed by atoms with Crippen molar-refractivity contribution in [2.75, 3.05) is 6.61 Å². The maximum atomic E-state index is 8.67. The summed E-state index contributed by atoms with van der Waals surface area (Å²) >= 11 is 0. The first kappa shape index (κ1) is 8.84. The molecule has 0 saturated heterocycles. The van der Waals surface area contributed by atoms with Gasteiger partial charge in [-0.05, 0) is 6.92 Å². The van der Waals surface area contributed by atoms with Crippen molar-refractivity contribution in [3.8, 4) is 0 Å². The summed E-state index contributed by atoms with van der Waals surface area (Å²) in [5.41, 5.74) is 0. The predicted molar refractivity (Wildman–Crippen MR) is 30.5 cm³/mol. The SMILES string of the molecule is [CH2][C@@H](O)[C@H](O)[C@@H](O)CO. The lowest BCUT2D eigenvalue weighted by molar-refractivity contribution is -0.0619. The summed E-state index contributed by atoms with van der Waals surface area (Å²) in [4.78, 5) is 0. The van der Waals surface area contributed by atoms with Gasteiger partial charge in [0.25, 0.3) is 0 Å². The van der Waals surface area contributed by atoms with Crippen molar-refractivity contribution in [3.05, 3.63) is 6.92 Å². The van der Waals surface area contributed by atoms with E-state index in [1.807, 2.05) is 0 Å². The maximum Gasteiger partial charge on any atom is 0.108 e. The van der Waals surface area contributed by atoms with E-state index < -0.39 is 24.9 Å². The Bertz CT molecular complexity index is 73.4. The van der Waals surface area contributed by atoms with Gasteiger partial charge in [-0.25, -0.2) is 0 Å². The van der Waals surface area contributed by atoms with E-state index in [1.165, 1.54) is 0 Å². The second-order valence-electron chi connectivity index (χ2n) is 1.81. The van der Waals surface area contributed by atoms with Crippen LogP contribution in [0.4, 0.5) is 0 Å². The Labute approximate surface area is 53.4 Å². The van der Waals surface area contributed by atoms with Crippen LogP contribution < -0.4 is 0 Å². The molecule has 0 heterocycles. The minimum Gasteiger partial charge on any atom is -0.394 e. The molecule has 0 aromatic heterocycles. The van der Waals surface area contributed by atoms with E-state index in [1.54, 1.807) is 0 Å². The van der Waals surface area contributed by atoms with Gasteiger partial charge < -0.3 is 20.4 Å². The van der Waals surface area contributed by atoms with E-state index in [0.717, 1.165) is 0 Å². The third kappa shape index (κ3) is 2.76. The summed E-state index contributed by atoms with van der Waals surface area (Å²) in [7, 11) is 0. The number of aliphatic hydroxyl groups is 4. The normalized spacial score (nSPS) is 21.0. The summed E-state index contributed by atoms with van der Waals surface area (Å²) in [5, 5.41) is 34.0. The van der Waals surface area contributed by atoms with E-state index in [2.05, 4.69) is 6.92 Å². The molecule has 0 amide bonds. The highest BCUT2D eigenvalue weighted by Gasteiger charge is 2.19. The highest BCUT2D eigenvalue weighted by molar-refractivity contribution is 4.75. The minimum atomic E-state index is -1.37. The van der Waals surface area contributed by atoms with Gasteiger partial charge in [-0.2, -0.15) is 0 Å². The monoisotopic (exact) mass is 135 g/mol.